The topological polar surface area (TPSA) is 88.9 Å². The lowest BCUT2D eigenvalue weighted by Gasteiger charge is -2.22. The molecule has 1 atom stereocenters. The van der Waals surface area contributed by atoms with Gasteiger partial charge < -0.3 is 9.72 Å². The molecule has 1 fully saturated rings. The number of fused-ring (bicyclic) bond motifs is 1. The number of pyridine rings is 1. The van der Waals surface area contributed by atoms with Crippen molar-refractivity contribution in [3.05, 3.63) is 86.7 Å². The highest BCUT2D eigenvalue weighted by atomic mass is 19.1. The number of ether oxygens (including phenoxy) is 1. The number of hydrogen-bond donors (Lipinski definition) is 1. The molecule has 3 heterocycles. The molecular weight excluding hydrogens is 447 g/mol. The van der Waals surface area contributed by atoms with E-state index < -0.39 is 0 Å². The van der Waals surface area contributed by atoms with Crippen molar-refractivity contribution in [2.45, 2.75) is 59.0 Å². The predicted molar refractivity (Wildman–Crippen MR) is 130 cm³/mol. The summed E-state index contributed by atoms with van der Waals surface area (Å²) in [5.41, 5.74) is 4.53. The summed E-state index contributed by atoms with van der Waals surface area (Å²) in [6.45, 7) is 6.77. The average molecular weight is 477 g/mol. The van der Waals surface area contributed by atoms with Gasteiger partial charge in [0.1, 0.15) is 5.82 Å². The Balaban J connectivity index is 1.44. The number of H-pyrrole nitrogens is 1. The van der Waals surface area contributed by atoms with Crippen molar-refractivity contribution in [3.8, 4) is 0 Å². The first kappa shape index (κ1) is 23.3. The van der Waals surface area contributed by atoms with Crippen molar-refractivity contribution in [1.29, 1.82) is 0 Å². The second-order valence-electron chi connectivity index (χ2n) is 9.35. The van der Waals surface area contributed by atoms with Gasteiger partial charge in [0, 0.05) is 36.2 Å². The zero-order valence-corrected chi connectivity index (χ0v) is 20.0. The van der Waals surface area contributed by atoms with Crippen molar-refractivity contribution in [2.75, 3.05) is 6.61 Å². The molecule has 182 valence electrons. The van der Waals surface area contributed by atoms with E-state index in [1.165, 1.54) is 12.1 Å². The summed E-state index contributed by atoms with van der Waals surface area (Å²) in [4.78, 5) is 18.1. The van der Waals surface area contributed by atoms with Crippen molar-refractivity contribution < 1.29 is 9.13 Å². The van der Waals surface area contributed by atoms with Crippen LogP contribution in [0, 0.1) is 19.7 Å². The molecule has 0 spiro atoms. The second-order valence-corrected chi connectivity index (χ2v) is 9.35. The number of halogens is 1. The van der Waals surface area contributed by atoms with E-state index in [-0.39, 0.29) is 17.5 Å². The Morgan fingerprint density at radius 2 is 1.97 bits per heavy atom. The molecular formula is C26H29FN6O2. The van der Waals surface area contributed by atoms with Crippen LogP contribution in [0.4, 0.5) is 4.39 Å². The molecule has 0 unspecified atom stereocenters. The number of nitrogens with one attached hydrogen (secondary N) is 1. The molecule has 0 saturated carbocycles. The maximum atomic E-state index is 13.5. The Hall–Kier alpha value is -3.43. The summed E-state index contributed by atoms with van der Waals surface area (Å²) in [5, 5.41) is 13.3. The number of benzene rings is 2. The molecule has 1 N–H and O–H groups in total. The maximum Gasteiger partial charge on any atom is 0.252 e. The third-order valence-electron chi connectivity index (χ3n) is 6.47. The minimum atomic E-state index is -0.280. The summed E-state index contributed by atoms with van der Waals surface area (Å²) >= 11 is 0. The molecule has 0 radical (unpaired) electrons. The van der Waals surface area contributed by atoms with Crippen LogP contribution in [0.5, 0.6) is 0 Å². The van der Waals surface area contributed by atoms with Crippen LogP contribution in [0.3, 0.4) is 0 Å². The Morgan fingerprint density at radius 1 is 1.14 bits per heavy atom. The molecule has 4 aromatic rings. The summed E-state index contributed by atoms with van der Waals surface area (Å²) in [6, 6.07) is 12.5. The molecule has 0 bridgehead atoms. The number of aromatic nitrogens is 5. The van der Waals surface area contributed by atoms with Crippen LogP contribution in [-0.2, 0) is 30.9 Å². The first-order chi connectivity index (χ1) is 16.9. The first-order valence-corrected chi connectivity index (χ1v) is 11.9. The lowest BCUT2D eigenvalue weighted by Crippen LogP contribution is -2.29. The van der Waals surface area contributed by atoms with Crippen LogP contribution < -0.4 is 5.56 Å². The van der Waals surface area contributed by atoms with Gasteiger partial charge >= 0.3 is 0 Å². The Kier molecular flexibility index (Phi) is 6.70. The van der Waals surface area contributed by atoms with E-state index >= 15 is 0 Å². The fraction of sp³-hybridized carbons (Fsp3) is 0.385. The van der Waals surface area contributed by atoms with E-state index in [0.717, 1.165) is 47.0 Å². The highest BCUT2D eigenvalue weighted by Gasteiger charge is 2.21. The van der Waals surface area contributed by atoms with Crippen molar-refractivity contribution in [1.82, 2.24) is 30.1 Å². The number of hydrogen-bond acceptors (Lipinski definition) is 6. The number of rotatable bonds is 8. The van der Waals surface area contributed by atoms with E-state index in [9.17, 15) is 9.18 Å². The van der Waals surface area contributed by atoms with Crippen LogP contribution in [0.25, 0.3) is 10.9 Å². The van der Waals surface area contributed by atoms with Crippen LogP contribution in [-0.4, -0.2) is 42.8 Å². The highest BCUT2D eigenvalue weighted by molar-refractivity contribution is 5.83. The molecule has 5 rings (SSSR count). The van der Waals surface area contributed by atoms with Crippen LogP contribution in [0.1, 0.15) is 40.9 Å². The van der Waals surface area contributed by atoms with Gasteiger partial charge in [-0.25, -0.2) is 9.07 Å². The standard InChI is InChI=1S/C26H29FN6O2/c1-17-10-18(2)23-12-20(26(34)28-24(23)11-17)14-32(13-19-5-7-21(27)8-6-19)16-25-29-30-31-33(25)15-22-4-3-9-35-22/h5-8,10-12,22H,3-4,9,13-16H2,1-2H3,(H,28,34)/t22-/m0/s1. The SMILES string of the molecule is Cc1cc(C)c2cc(CN(Cc3ccc(F)cc3)Cc3nnnn3C[C@@H]3CCCO3)c(=O)[nH]c2c1. The smallest absolute Gasteiger partial charge is 0.252 e. The Morgan fingerprint density at radius 3 is 2.74 bits per heavy atom. The number of nitrogens with zero attached hydrogens (tertiary/aromatic N) is 5. The van der Waals surface area contributed by atoms with Gasteiger partial charge in [0.2, 0.25) is 0 Å². The summed E-state index contributed by atoms with van der Waals surface area (Å²) < 4.78 is 21.0. The van der Waals surface area contributed by atoms with Gasteiger partial charge in [-0.3, -0.25) is 9.69 Å². The van der Waals surface area contributed by atoms with E-state index in [1.54, 1.807) is 16.8 Å². The molecule has 2 aromatic heterocycles. The van der Waals surface area contributed by atoms with Gasteiger partial charge in [-0.05, 0) is 78.1 Å². The van der Waals surface area contributed by atoms with E-state index in [1.807, 2.05) is 26.0 Å². The van der Waals surface area contributed by atoms with Gasteiger partial charge in [0.15, 0.2) is 5.82 Å². The lowest BCUT2D eigenvalue weighted by molar-refractivity contribution is 0.0914. The van der Waals surface area contributed by atoms with E-state index in [0.29, 0.717) is 37.6 Å². The number of aryl methyl sites for hydroxylation is 2. The average Bonchev–Trinajstić information content (AvgIpc) is 3.49. The molecule has 1 saturated heterocycles. The quantitative estimate of drug-likeness (QED) is 0.418. The van der Waals surface area contributed by atoms with Gasteiger partial charge in [-0.1, -0.05) is 18.2 Å². The van der Waals surface area contributed by atoms with Gasteiger partial charge in [0.25, 0.3) is 5.56 Å². The van der Waals surface area contributed by atoms with Gasteiger partial charge in [0.05, 0.1) is 19.2 Å². The summed E-state index contributed by atoms with van der Waals surface area (Å²) in [7, 11) is 0. The van der Waals surface area contributed by atoms with Gasteiger partial charge in [-0.2, -0.15) is 0 Å². The molecule has 0 amide bonds. The van der Waals surface area contributed by atoms with Crippen LogP contribution in [0.15, 0.2) is 47.3 Å². The molecule has 2 aromatic carbocycles. The molecule has 0 aliphatic carbocycles. The molecule has 35 heavy (non-hydrogen) atoms. The minimum Gasteiger partial charge on any atom is -0.376 e. The number of aromatic amines is 1. The summed E-state index contributed by atoms with van der Waals surface area (Å²) in [6.07, 6.45) is 2.14. The van der Waals surface area contributed by atoms with Crippen molar-refractivity contribution in [3.63, 3.8) is 0 Å². The van der Waals surface area contributed by atoms with Crippen molar-refractivity contribution >= 4 is 10.9 Å². The first-order valence-electron chi connectivity index (χ1n) is 11.9. The monoisotopic (exact) mass is 476 g/mol. The summed E-state index contributed by atoms with van der Waals surface area (Å²) in [5.74, 6) is 0.421. The molecule has 9 heteroatoms. The third kappa shape index (κ3) is 5.47. The Bertz CT molecular complexity index is 1380. The van der Waals surface area contributed by atoms with Crippen molar-refractivity contribution in [2.24, 2.45) is 0 Å². The fourth-order valence-electron chi connectivity index (χ4n) is 4.75. The number of tetrazole rings is 1. The third-order valence-corrected chi connectivity index (χ3v) is 6.47. The molecule has 8 nitrogen and oxygen atoms in total. The van der Waals surface area contributed by atoms with Crippen LogP contribution >= 0.6 is 0 Å². The lowest BCUT2D eigenvalue weighted by atomic mass is 10.0. The largest absolute Gasteiger partial charge is 0.376 e. The predicted octanol–water partition coefficient (Wildman–Crippen LogP) is 3.65. The van der Waals surface area contributed by atoms with E-state index in [2.05, 4.69) is 31.5 Å². The second kappa shape index (κ2) is 10.1. The maximum absolute atomic E-state index is 13.5. The minimum absolute atomic E-state index is 0.109. The normalized spacial score (nSPS) is 15.9. The van der Waals surface area contributed by atoms with E-state index in [4.69, 9.17) is 4.74 Å². The van der Waals surface area contributed by atoms with Gasteiger partial charge in [-0.15, -0.1) is 5.10 Å². The zero-order valence-electron chi connectivity index (χ0n) is 20.0. The zero-order chi connectivity index (χ0) is 24.4. The highest BCUT2D eigenvalue weighted by Crippen LogP contribution is 2.20. The fourth-order valence-corrected chi connectivity index (χ4v) is 4.75. The molecule has 1 aliphatic rings. The molecule has 1 aliphatic heterocycles. The van der Waals surface area contributed by atoms with Crippen LogP contribution in [0.2, 0.25) is 0 Å². The Labute approximate surface area is 202 Å².